The van der Waals surface area contributed by atoms with Crippen molar-refractivity contribution in [1.29, 1.82) is 0 Å². The van der Waals surface area contributed by atoms with E-state index < -0.39 is 0 Å². The largest absolute Gasteiger partial charge is 0.364 e. The smallest absolute Gasteiger partial charge is 0.249 e. The molecule has 1 aliphatic heterocycles. The predicted octanol–water partition coefficient (Wildman–Crippen LogP) is 0.204. The first-order chi connectivity index (χ1) is 8.29. The molecule has 5 heteroatoms. The van der Waals surface area contributed by atoms with Crippen LogP contribution in [0.1, 0.15) is 18.4 Å². The van der Waals surface area contributed by atoms with Gasteiger partial charge in [-0.15, -0.1) is 0 Å². The highest BCUT2D eigenvalue weighted by Crippen LogP contribution is 2.18. The third kappa shape index (κ3) is 3.25. The molecular formula is C12H17N3O2. The number of aromatic nitrogens is 1. The van der Waals surface area contributed by atoms with Crippen LogP contribution in [0.4, 0.5) is 0 Å². The molecule has 1 aromatic rings. The van der Waals surface area contributed by atoms with Crippen LogP contribution in [0, 0.1) is 0 Å². The second-order valence-electron chi connectivity index (χ2n) is 4.13. The molecule has 1 fully saturated rings. The van der Waals surface area contributed by atoms with Gasteiger partial charge in [-0.05, 0) is 30.5 Å². The van der Waals surface area contributed by atoms with Crippen LogP contribution in [-0.2, 0) is 16.1 Å². The van der Waals surface area contributed by atoms with E-state index in [0.29, 0.717) is 13.1 Å². The lowest BCUT2D eigenvalue weighted by atomic mass is 10.2. The van der Waals surface area contributed by atoms with Gasteiger partial charge in [0.1, 0.15) is 6.10 Å². The minimum Gasteiger partial charge on any atom is -0.364 e. The number of rotatable bonds is 4. The Labute approximate surface area is 100 Å². The zero-order valence-electron chi connectivity index (χ0n) is 9.63. The molecule has 2 heterocycles. The quantitative estimate of drug-likeness (QED) is 0.781. The van der Waals surface area contributed by atoms with Gasteiger partial charge in [-0.25, -0.2) is 0 Å². The Balaban J connectivity index is 1.78. The minimum atomic E-state index is -0.342. The zero-order valence-corrected chi connectivity index (χ0v) is 9.63. The summed E-state index contributed by atoms with van der Waals surface area (Å²) in [4.78, 5) is 15.7. The topological polar surface area (TPSA) is 77.2 Å². The van der Waals surface area contributed by atoms with Gasteiger partial charge in [0.25, 0.3) is 0 Å². The Morgan fingerprint density at radius 3 is 2.88 bits per heavy atom. The molecule has 1 aromatic heterocycles. The summed E-state index contributed by atoms with van der Waals surface area (Å²) in [6, 6.07) is 3.75. The van der Waals surface area contributed by atoms with Crippen LogP contribution in [0.2, 0.25) is 0 Å². The van der Waals surface area contributed by atoms with Crippen LogP contribution in [0.25, 0.3) is 0 Å². The molecule has 1 amide bonds. The molecule has 0 spiro atoms. The third-order valence-corrected chi connectivity index (χ3v) is 2.88. The Bertz CT molecular complexity index is 369. The number of nitrogens with two attached hydrogens (primary N) is 1. The normalized spacial score (nSPS) is 23.6. The van der Waals surface area contributed by atoms with Crippen molar-refractivity contribution in [1.82, 2.24) is 10.3 Å². The summed E-state index contributed by atoms with van der Waals surface area (Å²) in [5.74, 6) is -0.0576. The van der Waals surface area contributed by atoms with E-state index in [1.807, 2.05) is 12.1 Å². The fourth-order valence-corrected chi connectivity index (χ4v) is 1.88. The first-order valence-electron chi connectivity index (χ1n) is 5.81. The maximum absolute atomic E-state index is 11.8. The van der Waals surface area contributed by atoms with Crippen molar-refractivity contribution in [2.24, 2.45) is 5.73 Å². The molecule has 17 heavy (non-hydrogen) atoms. The van der Waals surface area contributed by atoms with Crippen LogP contribution >= 0.6 is 0 Å². The highest BCUT2D eigenvalue weighted by atomic mass is 16.5. The van der Waals surface area contributed by atoms with E-state index in [4.69, 9.17) is 10.5 Å². The van der Waals surface area contributed by atoms with E-state index in [-0.39, 0.29) is 18.1 Å². The highest BCUT2D eigenvalue weighted by molar-refractivity contribution is 5.80. The number of carbonyl (C=O) groups is 1. The Hall–Kier alpha value is -1.46. The van der Waals surface area contributed by atoms with Crippen molar-refractivity contribution in [3.05, 3.63) is 30.1 Å². The average Bonchev–Trinajstić information content (AvgIpc) is 2.86. The molecule has 2 atom stereocenters. The van der Waals surface area contributed by atoms with E-state index in [1.54, 1.807) is 12.4 Å². The maximum atomic E-state index is 11.8. The molecule has 0 aromatic carbocycles. The van der Waals surface area contributed by atoms with Gasteiger partial charge < -0.3 is 15.8 Å². The van der Waals surface area contributed by atoms with E-state index in [9.17, 15) is 4.79 Å². The molecule has 2 rings (SSSR count). The monoisotopic (exact) mass is 235 g/mol. The van der Waals surface area contributed by atoms with Crippen molar-refractivity contribution in [2.75, 3.05) is 6.54 Å². The van der Waals surface area contributed by atoms with Gasteiger partial charge in [0.05, 0.1) is 6.10 Å². The van der Waals surface area contributed by atoms with Gasteiger partial charge in [-0.1, -0.05) is 0 Å². The van der Waals surface area contributed by atoms with Gasteiger partial charge >= 0.3 is 0 Å². The predicted molar refractivity (Wildman–Crippen MR) is 63.0 cm³/mol. The van der Waals surface area contributed by atoms with Crippen LogP contribution in [0.15, 0.2) is 24.5 Å². The SMILES string of the molecule is NCC1CCC(C(=O)NCc2ccncc2)O1. The second-order valence-corrected chi connectivity index (χ2v) is 4.13. The fourth-order valence-electron chi connectivity index (χ4n) is 1.88. The third-order valence-electron chi connectivity index (χ3n) is 2.88. The summed E-state index contributed by atoms with van der Waals surface area (Å²) in [5, 5.41) is 2.85. The van der Waals surface area contributed by atoms with Gasteiger partial charge in [0, 0.05) is 25.5 Å². The molecule has 0 aliphatic carbocycles. The Morgan fingerprint density at radius 1 is 1.47 bits per heavy atom. The number of pyridine rings is 1. The van der Waals surface area contributed by atoms with E-state index in [1.165, 1.54) is 0 Å². The minimum absolute atomic E-state index is 0.0340. The van der Waals surface area contributed by atoms with Crippen LogP contribution < -0.4 is 11.1 Å². The van der Waals surface area contributed by atoms with Crippen molar-refractivity contribution >= 4 is 5.91 Å². The molecule has 3 N–H and O–H groups in total. The molecule has 1 saturated heterocycles. The molecule has 92 valence electrons. The van der Waals surface area contributed by atoms with E-state index in [2.05, 4.69) is 10.3 Å². The average molecular weight is 235 g/mol. The van der Waals surface area contributed by atoms with Crippen molar-refractivity contribution in [3.63, 3.8) is 0 Å². The first-order valence-corrected chi connectivity index (χ1v) is 5.81. The zero-order chi connectivity index (χ0) is 12.1. The molecule has 0 saturated carbocycles. The maximum Gasteiger partial charge on any atom is 0.249 e. The standard InChI is InChI=1S/C12H17N3O2/c13-7-10-1-2-11(17-10)12(16)15-8-9-3-5-14-6-4-9/h3-6,10-11H,1-2,7-8,13H2,(H,15,16). The van der Waals surface area contributed by atoms with E-state index >= 15 is 0 Å². The number of carbonyl (C=O) groups excluding carboxylic acids is 1. The van der Waals surface area contributed by atoms with E-state index in [0.717, 1.165) is 18.4 Å². The summed E-state index contributed by atoms with van der Waals surface area (Å²) in [7, 11) is 0. The summed E-state index contributed by atoms with van der Waals surface area (Å²) in [5.41, 5.74) is 6.53. The molecule has 1 aliphatic rings. The van der Waals surface area contributed by atoms with Crippen molar-refractivity contribution < 1.29 is 9.53 Å². The summed E-state index contributed by atoms with van der Waals surface area (Å²) in [6.07, 6.45) is 4.72. The van der Waals surface area contributed by atoms with Gasteiger partial charge in [0.15, 0.2) is 0 Å². The number of amides is 1. The van der Waals surface area contributed by atoms with Crippen LogP contribution in [0.5, 0.6) is 0 Å². The number of ether oxygens (including phenoxy) is 1. The Kier molecular flexibility index (Phi) is 4.06. The molecular weight excluding hydrogens is 218 g/mol. The Morgan fingerprint density at radius 2 is 2.24 bits per heavy atom. The lowest BCUT2D eigenvalue weighted by Crippen LogP contribution is -2.35. The number of nitrogens with one attached hydrogen (secondary N) is 1. The molecule has 0 bridgehead atoms. The van der Waals surface area contributed by atoms with Crippen molar-refractivity contribution in [2.45, 2.75) is 31.6 Å². The number of hydrogen-bond acceptors (Lipinski definition) is 4. The fraction of sp³-hybridized carbons (Fsp3) is 0.500. The first kappa shape index (κ1) is 12.0. The lowest BCUT2D eigenvalue weighted by Gasteiger charge is -2.12. The molecule has 0 radical (unpaired) electrons. The van der Waals surface area contributed by atoms with Gasteiger partial charge in [-0.2, -0.15) is 0 Å². The molecule has 5 nitrogen and oxygen atoms in total. The number of hydrogen-bond donors (Lipinski definition) is 2. The summed E-state index contributed by atoms with van der Waals surface area (Å²) < 4.78 is 5.51. The van der Waals surface area contributed by atoms with Gasteiger partial charge in [0.2, 0.25) is 5.91 Å². The van der Waals surface area contributed by atoms with Crippen LogP contribution in [0.3, 0.4) is 0 Å². The summed E-state index contributed by atoms with van der Waals surface area (Å²) in [6.45, 7) is 0.989. The number of nitrogens with zero attached hydrogens (tertiary/aromatic N) is 1. The van der Waals surface area contributed by atoms with Gasteiger partial charge in [-0.3, -0.25) is 9.78 Å². The second kappa shape index (κ2) is 5.75. The highest BCUT2D eigenvalue weighted by Gasteiger charge is 2.29. The van der Waals surface area contributed by atoms with Crippen LogP contribution in [-0.4, -0.2) is 29.6 Å². The summed E-state index contributed by atoms with van der Waals surface area (Å²) >= 11 is 0. The molecule has 2 unspecified atom stereocenters. The lowest BCUT2D eigenvalue weighted by molar-refractivity contribution is -0.132. The van der Waals surface area contributed by atoms with Crippen molar-refractivity contribution in [3.8, 4) is 0 Å².